The number of halogens is 2. The number of carbonyl (C=O) groups is 3. The zero-order chi connectivity index (χ0) is 26.4. The van der Waals surface area contributed by atoms with Gasteiger partial charge >= 0.3 is 18.0 Å². The highest BCUT2D eigenvalue weighted by Gasteiger charge is 2.36. The number of hydrogen-bond donors (Lipinski definition) is 3. The molecule has 0 aliphatic carbocycles. The maximum Gasteiger partial charge on any atom is 0.338 e. The van der Waals surface area contributed by atoms with Gasteiger partial charge in [-0.25, -0.2) is 18.8 Å². The van der Waals surface area contributed by atoms with Gasteiger partial charge in [-0.15, -0.1) is 0 Å². The third-order valence-corrected chi connectivity index (χ3v) is 5.78. The van der Waals surface area contributed by atoms with E-state index < -0.39 is 23.9 Å². The molecule has 1 aliphatic heterocycles. The van der Waals surface area contributed by atoms with Gasteiger partial charge in [-0.05, 0) is 55.2 Å². The Balaban J connectivity index is 1.79. The number of ether oxygens (including phenoxy) is 1. The molecule has 0 radical (unpaired) electrons. The Bertz CT molecular complexity index is 1170. The van der Waals surface area contributed by atoms with E-state index in [0.29, 0.717) is 34.8 Å². The van der Waals surface area contributed by atoms with Gasteiger partial charge in [0.1, 0.15) is 5.82 Å². The summed E-state index contributed by atoms with van der Waals surface area (Å²) in [6.45, 7) is 8.34. The molecule has 0 spiro atoms. The van der Waals surface area contributed by atoms with Crippen molar-refractivity contribution in [2.75, 3.05) is 23.8 Å². The number of allylic oxidation sites excluding steroid dienone is 1. The van der Waals surface area contributed by atoms with Gasteiger partial charge in [-0.3, -0.25) is 4.90 Å². The summed E-state index contributed by atoms with van der Waals surface area (Å²) in [6, 6.07) is 9.07. The molecule has 0 saturated carbocycles. The minimum Gasteiger partial charge on any atom is -0.462 e. The van der Waals surface area contributed by atoms with Crippen LogP contribution in [0.15, 0.2) is 53.7 Å². The summed E-state index contributed by atoms with van der Waals surface area (Å²) in [5.74, 6) is -0.893. The van der Waals surface area contributed by atoms with Crippen LogP contribution in [0.3, 0.4) is 0 Å². The van der Waals surface area contributed by atoms with Crippen LogP contribution < -0.4 is 16.0 Å². The minimum absolute atomic E-state index is 0.102. The number of amides is 4. The van der Waals surface area contributed by atoms with Crippen molar-refractivity contribution in [3.05, 3.63) is 70.1 Å². The molecule has 4 amide bonds. The molecule has 1 atom stereocenters. The monoisotopic (exact) mass is 516 g/mol. The fourth-order valence-corrected chi connectivity index (χ4v) is 3.92. The standard InChI is InChI=1S/C26H30ClFN4O4/c1-5-12-32-16(4)22(24(33)36-14-15(2)3)23(31-26(32)35)17-6-8-18(9-7-17)29-25(34)30-19-10-11-21(28)20(27)13-19/h6-11,13,15,23H,5,12,14H2,1-4H3,(H,31,35)(H2,29,30,34). The summed E-state index contributed by atoms with van der Waals surface area (Å²) in [5, 5.41) is 8.06. The van der Waals surface area contributed by atoms with E-state index in [1.807, 2.05) is 20.8 Å². The van der Waals surface area contributed by atoms with Crippen molar-refractivity contribution in [2.45, 2.75) is 40.2 Å². The molecule has 2 aromatic rings. The molecule has 3 rings (SSSR count). The number of anilines is 2. The van der Waals surface area contributed by atoms with Gasteiger partial charge in [0.2, 0.25) is 0 Å². The fraction of sp³-hybridized carbons (Fsp3) is 0.346. The lowest BCUT2D eigenvalue weighted by molar-refractivity contribution is -0.140. The second-order valence-electron chi connectivity index (χ2n) is 8.86. The SMILES string of the molecule is CCCN1C(=O)NC(c2ccc(NC(=O)Nc3ccc(F)c(Cl)c3)cc2)C(C(=O)OCC(C)C)=C1C. The van der Waals surface area contributed by atoms with E-state index in [1.54, 1.807) is 36.1 Å². The average molecular weight is 517 g/mol. The minimum atomic E-state index is -0.700. The van der Waals surface area contributed by atoms with Gasteiger partial charge in [-0.2, -0.15) is 0 Å². The van der Waals surface area contributed by atoms with Gasteiger partial charge in [0.05, 0.1) is 23.2 Å². The van der Waals surface area contributed by atoms with Crippen molar-refractivity contribution >= 4 is 41.0 Å². The molecule has 3 N–H and O–H groups in total. The summed E-state index contributed by atoms with van der Waals surface area (Å²) in [7, 11) is 0. The van der Waals surface area contributed by atoms with Crippen LogP contribution in [0.25, 0.3) is 0 Å². The number of benzene rings is 2. The zero-order valence-corrected chi connectivity index (χ0v) is 21.4. The summed E-state index contributed by atoms with van der Waals surface area (Å²) < 4.78 is 18.8. The van der Waals surface area contributed by atoms with E-state index in [4.69, 9.17) is 16.3 Å². The normalized spacial score (nSPS) is 15.6. The van der Waals surface area contributed by atoms with Gasteiger partial charge in [0.25, 0.3) is 0 Å². The highest BCUT2D eigenvalue weighted by molar-refractivity contribution is 6.31. The number of rotatable bonds is 8. The van der Waals surface area contributed by atoms with Crippen molar-refractivity contribution in [3.63, 3.8) is 0 Å². The zero-order valence-electron chi connectivity index (χ0n) is 20.7. The predicted octanol–water partition coefficient (Wildman–Crippen LogP) is 6.07. The van der Waals surface area contributed by atoms with Crippen molar-refractivity contribution in [1.82, 2.24) is 10.2 Å². The van der Waals surface area contributed by atoms with Crippen molar-refractivity contribution in [1.29, 1.82) is 0 Å². The van der Waals surface area contributed by atoms with Gasteiger partial charge < -0.3 is 20.7 Å². The molecule has 1 heterocycles. The lowest BCUT2D eigenvalue weighted by Gasteiger charge is -2.35. The molecule has 10 heteroatoms. The van der Waals surface area contributed by atoms with E-state index in [0.717, 1.165) is 12.5 Å². The third kappa shape index (κ3) is 6.54. The van der Waals surface area contributed by atoms with Gasteiger partial charge in [-0.1, -0.05) is 44.5 Å². The fourth-order valence-electron chi connectivity index (χ4n) is 3.73. The Labute approximate surface area is 214 Å². The van der Waals surface area contributed by atoms with Gasteiger partial charge in [0, 0.05) is 23.6 Å². The Hall–Kier alpha value is -3.59. The predicted molar refractivity (Wildman–Crippen MR) is 137 cm³/mol. The number of urea groups is 2. The number of carbonyl (C=O) groups excluding carboxylic acids is 3. The molecule has 192 valence electrons. The summed E-state index contributed by atoms with van der Waals surface area (Å²) >= 11 is 5.75. The maximum atomic E-state index is 13.3. The molecule has 36 heavy (non-hydrogen) atoms. The number of esters is 1. The molecule has 0 fully saturated rings. The molecule has 8 nitrogen and oxygen atoms in total. The highest BCUT2D eigenvalue weighted by Crippen LogP contribution is 2.32. The van der Waals surface area contributed by atoms with E-state index >= 15 is 0 Å². The quantitative estimate of drug-likeness (QED) is 0.370. The number of nitrogens with one attached hydrogen (secondary N) is 3. The summed E-state index contributed by atoms with van der Waals surface area (Å²) in [4.78, 5) is 39.7. The largest absolute Gasteiger partial charge is 0.462 e. The lowest BCUT2D eigenvalue weighted by Crippen LogP contribution is -2.48. The Morgan fingerprint density at radius 1 is 1.14 bits per heavy atom. The maximum absolute atomic E-state index is 13.3. The Kier molecular flexibility index (Phi) is 8.93. The van der Waals surface area contributed by atoms with Crippen molar-refractivity contribution in [2.24, 2.45) is 5.92 Å². The molecule has 0 bridgehead atoms. The van der Waals surface area contributed by atoms with Crippen LogP contribution in [0.1, 0.15) is 45.7 Å². The van der Waals surface area contributed by atoms with Crippen LogP contribution in [0.2, 0.25) is 5.02 Å². The third-order valence-electron chi connectivity index (χ3n) is 5.49. The second kappa shape index (κ2) is 11.9. The van der Waals surface area contributed by atoms with E-state index in [-0.39, 0.29) is 23.6 Å². The Morgan fingerprint density at radius 3 is 2.39 bits per heavy atom. The Morgan fingerprint density at radius 2 is 1.78 bits per heavy atom. The van der Waals surface area contributed by atoms with E-state index in [2.05, 4.69) is 16.0 Å². The number of nitrogens with zero attached hydrogens (tertiary/aromatic N) is 1. The smallest absolute Gasteiger partial charge is 0.338 e. The molecule has 0 saturated heterocycles. The molecular weight excluding hydrogens is 487 g/mol. The first-order chi connectivity index (χ1) is 17.1. The molecule has 2 aromatic carbocycles. The molecular formula is C26H30ClFN4O4. The lowest BCUT2D eigenvalue weighted by atomic mass is 9.94. The topological polar surface area (TPSA) is 99.8 Å². The molecule has 0 aromatic heterocycles. The summed E-state index contributed by atoms with van der Waals surface area (Å²) in [6.07, 6.45) is 0.732. The van der Waals surface area contributed by atoms with Crippen LogP contribution in [0, 0.1) is 11.7 Å². The van der Waals surface area contributed by atoms with Crippen molar-refractivity contribution < 1.29 is 23.5 Å². The van der Waals surface area contributed by atoms with Crippen LogP contribution in [0.5, 0.6) is 0 Å². The molecule has 1 unspecified atom stereocenters. The van der Waals surface area contributed by atoms with Gasteiger partial charge in [0.15, 0.2) is 0 Å². The first kappa shape index (κ1) is 27.0. The first-order valence-corrected chi connectivity index (χ1v) is 12.1. The van der Waals surface area contributed by atoms with E-state index in [1.165, 1.54) is 12.1 Å². The van der Waals surface area contributed by atoms with Crippen LogP contribution in [0.4, 0.5) is 25.4 Å². The van der Waals surface area contributed by atoms with Crippen molar-refractivity contribution in [3.8, 4) is 0 Å². The first-order valence-electron chi connectivity index (χ1n) is 11.7. The second-order valence-corrected chi connectivity index (χ2v) is 9.26. The summed E-state index contributed by atoms with van der Waals surface area (Å²) in [5.41, 5.74) is 2.40. The number of hydrogen-bond acceptors (Lipinski definition) is 4. The van der Waals surface area contributed by atoms with Crippen LogP contribution >= 0.6 is 11.6 Å². The molecule has 1 aliphatic rings. The van der Waals surface area contributed by atoms with Crippen LogP contribution in [-0.4, -0.2) is 36.1 Å². The average Bonchev–Trinajstić information content (AvgIpc) is 2.82. The highest BCUT2D eigenvalue weighted by atomic mass is 35.5. The van der Waals surface area contributed by atoms with E-state index in [9.17, 15) is 18.8 Å². The van der Waals surface area contributed by atoms with Crippen LogP contribution in [-0.2, 0) is 9.53 Å².